The van der Waals surface area contributed by atoms with E-state index < -0.39 is 14.9 Å². The molecule has 1 aromatic heterocycles. The molecule has 3 rings (SSSR count). The van der Waals surface area contributed by atoms with Crippen LogP contribution in [0.2, 0.25) is 6.04 Å². The molecule has 0 aliphatic carbocycles. The number of carbonyl (C=O) groups excluding carboxylic acids is 1. The summed E-state index contributed by atoms with van der Waals surface area (Å²) in [6.45, 7) is 11.2. The van der Waals surface area contributed by atoms with Gasteiger partial charge in [-0.05, 0) is 57.9 Å². The molecule has 3 aromatic rings. The van der Waals surface area contributed by atoms with E-state index in [1.807, 2.05) is 26.8 Å². The van der Waals surface area contributed by atoms with Crippen molar-refractivity contribution in [1.82, 2.24) is 9.88 Å². The molecule has 180 valence electrons. The average Bonchev–Trinajstić information content (AvgIpc) is 3.14. The Morgan fingerprint density at radius 3 is 2.24 bits per heavy atom. The lowest BCUT2D eigenvalue weighted by Gasteiger charge is -2.28. The van der Waals surface area contributed by atoms with Crippen molar-refractivity contribution >= 4 is 36.7 Å². The molecule has 1 N–H and O–H groups in total. The van der Waals surface area contributed by atoms with Gasteiger partial charge in [-0.25, -0.2) is 4.79 Å². The predicted molar refractivity (Wildman–Crippen MR) is 133 cm³/mol. The van der Waals surface area contributed by atoms with Crippen molar-refractivity contribution in [2.45, 2.75) is 53.3 Å². The second kappa shape index (κ2) is 12.2. The minimum atomic E-state index is -2.68. The molecule has 33 heavy (non-hydrogen) atoms. The van der Waals surface area contributed by atoms with E-state index >= 15 is 0 Å². The van der Waals surface area contributed by atoms with Gasteiger partial charge in [0.25, 0.3) is 0 Å². The van der Waals surface area contributed by atoms with Gasteiger partial charge in [0.1, 0.15) is 6.61 Å². The first-order valence-electron chi connectivity index (χ1n) is 11.9. The van der Waals surface area contributed by atoms with Crippen LogP contribution in [0.1, 0.15) is 39.7 Å². The summed E-state index contributed by atoms with van der Waals surface area (Å²) in [4.78, 5) is 12.2. The van der Waals surface area contributed by atoms with E-state index in [-0.39, 0.29) is 6.61 Å². The number of hydrogen-bond acceptors (Lipinski definition) is 5. The maximum atomic E-state index is 12.2. The van der Waals surface area contributed by atoms with Crippen LogP contribution in [-0.2, 0) is 31.2 Å². The van der Waals surface area contributed by atoms with Crippen molar-refractivity contribution in [3.05, 3.63) is 48.0 Å². The summed E-state index contributed by atoms with van der Waals surface area (Å²) in [5.74, 6) is 0. The van der Waals surface area contributed by atoms with Crippen molar-refractivity contribution < 1.29 is 22.8 Å². The molecule has 7 nitrogen and oxygen atoms in total. The summed E-state index contributed by atoms with van der Waals surface area (Å²) in [6, 6.07) is 15.3. The largest absolute Gasteiger partial charge is 0.500 e. The highest BCUT2D eigenvalue weighted by Gasteiger charge is 2.39. The van der Waals surface area contributed by atoms with Gasteiger partial charge in [-0.15, -0.1) is 0 Å². The van der Waals surface area contributed by atoms with Gasteiger partial charge in [0.15, 0.2) is 0 Å². The first-order valence-corrected chi connectivity index (χ1v) is 13.8. The van der Waals surface area contributed by atoms with E-state index in [4.69, 9.17) is 18.0 Å². The molecule has 0 unspecified atom stereocenters. The molecule has 0 bridgehead atoms. The number of alkyl carbamates (subject to hydrolysis) is 1. The van der Waals surface area contributed by atoms with Gasteiger partial charge in [0, 0.05) is 60.8 Å². The van der Waals surface area contributed by atoms with Gasteiger partial charge >= 0.3 is 14.9 Å². The van der Waals surface area contributed by atoms with Crippen molar-refractivity contribution in [3.8, 4) is 0 Å². The SMILES string of the molecule is CCO[Si](CCCNC(=O)OCc1ccc2c(c1)c1ccccc1n2CC)(OCC)OCC. The summed E-state index contributed by atoms with van der Waals surface area (Å²) in [5, 5.41) is 5.21. The molecular formula is C25H36N2O5Si. The van der Waals surface area contributed by atoms with Crippen molar-refractivity contribution in [2.75, 3.05) is 26.4 Å². The fourth-order valence-electron chi connectivity index (χ4n) is 4.23. The first-order chi connectivity index (χ1) is 16.1. The van der Waals surface area contributed by atoms with Crippen molar-refractivity contribution in [1.29, 1.82) is 0 Å². The number of para-hydroxylation sites is 1. The Hall–Kier alpha value is -2.39. The minimum Gasteiger partial charge on any atom is -0.445 e. The predicted octanol–water partition coefficient (Wildman–Crippen LogP) is 5.48. The van der Waals surface area contributed by atoms with E-state index in [1.165, 1.54) is 21.8 Å². The summed E-state index contributed by atoms with van der Waals surface area (Å²) in [6.07, 6.45) is 0.270. The average molecular weight is 473 g/mol. The molecule has 0 fully saturated rings. The van der Waals surface area contributed by atoms with Crippen LogP contribution in [0.15, 0.2) is 42.5 Å². The molecule has 0 radical (unpaired) electrons. The van der Waals surface area contributed by atoms with Gasteiger partial charge in [-0.3, -0.25) is 0 Å². The van der Waals surface area contributed by atoms with Crippen LogP contribution in [0.4, 0.5) is 4.79 Å². The highest BCUT2D eigenvalue weighted by Crippen LogP contribution is 2.29. The number of fused-ring (bicyclic) bond motifs is 3. The first kappa shape index (κ1) is 25.2. The van der Waals surface area contributed by atoms with E-state index in [1.54, 1.807) is 0 Å². The van der Waals surface area contributed by atoms with Crippen LogP contribution in [0, 0.1) is 0 Å². The Bertz CT molecular complexity index is 1030. The highest BCUT2D eigenvalue weighted by molar-refractivity contribution is 6.60. The highest BCUT2D eigenvalue weighted by atomic mass is 28.4. The molecule has 0 saturated carbocycles. The molecule has 1 amide bonds. The molecule has 1 heterocycles. The van der Waals surface area contributed by atoms with Crippen LogP contribution < -0.4 is 5.32 Å². The van der Waals surface area contributed by atoms with E-state index in [9.17, 15) is 4.79 Å². The lowest BCUT2D eigenvalue weighted by atomic mass is 10.1. The number of nitrogens with one attached hydrogen (secondary N) is 1. The van der Waals surface area contributed by atoms with Crippen molar-refractivity contribution in [2.24, 2.45) is 0 Å². The normalized spacial score (nSPS) is 11.9. The third kappa shape index (κ3) is 6.14. The van der Waals surface area contributed by atoms with Crippen LogP contribution in [0.5, 0.6) is 0 Å². The van der Waals surface area contributed by atoms with E-state index in [0.717, 1.165) is 12.1 Å². The summed E-state index contributed by atoms with van der Waals surface area (Å²) in [5.41, 5.74) is 3.38. The van der Waals surface area contributed by atoms with Gasteiger partial charge < -0.3 is 27.9 Å². The third-order valence-electron chi connectivity index (χ3n) is 5.54. The Morgan fingerprint density at radius 1 is 0.909 bits per heavy atom. The number of benzene rings is 2. The molecule has 0 spiro atoms. The van der Waals surface area contributed by atoms with Crippen LogP contribution in [0.25, 0.3) is 21.8 Å². The van der Waals surface area contributed by atoms with Gasteiger partial charge in [0.2, 0.25) is 0 Å². The maximum absolute atomic E-state index is 12.2. The van der Waals surface area contributed by atoms with Crippen LogP contribution in [-0.4, -0.2) is 45.8 Å². The molecule has 8 heteroatoms. The van der Waals surface area contributed by atoms with E-state index in [2.05, 4.69) is 53.2 Å². The zero-order valence-corrected chi connectivity index (χ0v) is 21.2. The smallest absolute Gasteiger partial charge is 0.445 e. The van der Waals surface area contributed by atoms with Crippen LogP contribution >= 0.6 is 0 Å². The lowest BCUT2D eigenvalue weighted by molar-refractivity contribution is 0.0706. The van der Waals surface area contributed by atoms with Gasteiger partial charge in [-0.2, -0.15) is 0 Å². The Kier molecular flexibility index (Phi) is 9.31. The minimum absolute atomic E-state index is 0.225. The molecular weight excluding hydrogens is 436 g/mol. The molecule has 0 atom stereocenters. The number of nitrogens with zero attached hydrogens (tertiary/aromatic N) is 1. The number of aromatic nitrogens is 1. The van der Waals surface area contributed by atoms with Crippen LogP contribution in [0.3, 0.4) is 0 Å². The second-order valence-electron chi connectivity index (χ2n) is 7.70. The van der Waals surface area contributed by atoms with Gasteiger partial charge in [0.05, 0.1) is 0 Å². The van der Waals surface area contributed by atoms with E-state index in [0.29, 0.717) is 38.8 Å². The summed E-state index contributed by atoms with van der Waals surface area (Å²) < 4.78 is 25.3. The fraction of sp³-hybridized carbons (Fsp3) is 0.480. The second-order valence-corrected chi connectivity index (χ2v) is 10.4. The Balaban J connectivity index is 1.54. The maximum Gasteiger partial charge on any atom is 0.500 e. The number of hydrogen-bond donors (Lipinski definition) is 1. The third-order valence-corrected chi connectivity index (χ3v) is 8.70. The zero-order chi connectivity index (χ0) is 23.7. The summed E-state index contributed by atoms with van der Waals surface area (Å²) in [7, 11) is -2.68. The zero-order valence-electron chi connectivity index (χ0n) is 20.2. The number of carbonyl (C=O) groups is 1. The lowest BCUT2D eigenvalue weighted by Crippen LogP contribution is -2.46. The summed E-state index contributed by atoms with van der Waals surface area (Å²) >= 11 is 0. The number of ether oxygens (including phenoxy) is 1. The number of aryl methyl sites for hydroxylation is 1. The molecule has 2 aromatic carbocycles. The number of amides is 1. The standard InChI is InChI=1S/C25H36N2O5Si/c1-5-27-23-13-10-9-12-21(23)22-18-20(14-15-24(22)27)19-29-25(28)26-16-11-17-33(30-6-2,31-7-3)32-8-4/h9-10,12-15,18H,5-8,11,16-17,19H2,1-4H3,(H,26,28). The number of rotatable bonds is 13. The Labute approximate surface area is 197 Å². The fourth-order valence-corrected chi connectivity index (χ4v) is 6.84. The topological polar surface area (TPSA) is 71.0 Å². The molecule has 0 aliphatic rings. The molecule has 0 saturated heterocycles. The monoisotopic (exact) mass is 472 g/mol. The van der Waals surface area contributed by atoms with Crippen molar-refractivity contribution in [3.63, 3.8) is 0 Å². The van der Waals surface area contributed by atoms with Gasteiger partial charge in [-0.1, -0.05) is 24.3 Å². The molecule has 0 aliphatic heterocycles. The Morgan fingerprint density at radius 2 is 1.58 bits per heavy atom. The quantitative estimate of drug-likeness (QED) is 0.263.